The first-order chi connectivity index (χ1) is 15.3. The molecule has 4 aromatic rings. The smallest absolute Gasteiger partial charge is 0.433 e. The standard InChI is InChI=1S/C21H15F3N6O2/c1-11-8-12(19-25-9-14-13(28-19)3-5-17(27-14)21(22,23)24)2-4-15(11)30-6-7-32-16-10-26-29-18(16)20(30)31/h2-5,8-10H,6-7H2,1H3,(H,26,29). The van der Waals surface area contributed by atoms with E-state index >= 15 is 0 Å². The second-order valence-electron chi connectivity index (χ2n) is 7.21. The van der Waals surface area contributed by atoms with Crippen molar-refractivity contribution in [2.75, 3.05) is 18.1 Å². The lowest BCUT2D eigenvalue weighted by atomic mass is 10.1. The van der Waals surface area contributed by atoms with Crippen molar-refractivity contribution in [2.24, 2.45) is 0 Å². The second kappa shape index (κ2) is 7.29. The highest BCUT2D eigenvalue weighted by atomic mass is 19.4. The molecule has 32 heavy (non-hydrogen) atoms. The number of ether oxygens (including phenoxy) is 1. The van der Waals surface area contributed by atoms with Crippen molar-refractivity contribution in [3.8, 4) is 17.1 Å². The Kier molecular flexibility index (Phi) is 4.54. The van der Waals surface area contributed by atoms with Gasteiger partial charge in [-0.15, -0.1) is 0 Å². The van der Waals surface area contributed by atoms with Crippen LogP contribution in [0.3, 0.4) is 0 Å². The molecule has 162 valence electrons. The third-order valence-corrected chi connectivity index (χ3v) is 5.11. The highest BCUT2D eigenvalue weighted by Gasteiger charge is 2.32. The predicted molar refractivity (Wildman–Crippen MR) is 108 cm³/mol. The minimum atomic E-state index is -4.54. The maximum absolute atomic E-state index is 12.9. The van der Waals surface area contributed by atoms with Crippen molar-refractivity contribution in [3.63, 3.8) is 0 Å². The SMILES string of the molecule is Cc1cc(-c2ncc3nc(C(F)(F)F)ccc3n2)ccc1N1CCOc2cn[nH]c2C1=O. The molecule has 0 aliphatic carbocycles. The molecule has 0 unspecified atom stereocenters. The minimum Gasteiger partial charge on any atom is -0.488 e. The predicted octanol–water partition coefficient (Wildman–Crippen LogP) is 3.78. The second-order valence-corrected chi connectivity index (χ2v) is 7.21. The number of benzene rings is 1. The number of nitrogens with zero attached hydrogens (tertiary/aromatic N) is 5. The molecule has 3 aromatic heterocycles. The molecule has 5 rings (SSSR count). The van der Waals surface area contributed by atoms with Crippen LogP contribution in [-0.4, -0.2) is 44.2 Å². The van der Waals surface area contributed by atoms with E-state index in [0.29, 0.717) is 41.5 Å². The lowest BCUT2D eigenvalue weighted by molar-refractivity contribution is -0.140. The summed E-state index contributed by atoms with van der Waals surface area (Å²) in [5.41, 5.74) is 1.81. The molecular formula is C21H15F3N6O2. The zero-order valence-corrected chi connectivity index (χ0v) is 16.6. The van der Waals surface area contributed by atoms with Gasteiger partial charge in [0.05, 0.1) is 24.5 Å². The Bertz CT molecular complexity index is 1350. The summed E-state index contributed by atoms with van der Waals surface area (Å²) in [4.78, 5) is 26.6. The third-order valence-electron chi connectivity index (χ3n) is 5.11. The van der Waals surface area contributed by atoms with Crippen molar-refractivity contribution < 1.29 is 22.7 Å². The van der Waals surface area contributed by atoms with Crippen molar-refractivity contribution in [2.45, 2.75) is 13.1 Å². The van der Waals surface area contributed by atoms with Crippen LogP contribution in [0.4, 0.5) is 18.9 Å². The Balaban J connectivity index is 1.48. The van der Waals surface area contributed by atoms with Crippen LogP contribution in [0.1, 0.15) is 21.7 Å². The van der Waals surface area contributed by atoms with Crippen LogP contribution >= 0.6 is 0 Å². The first kappa shape index (κ1) is 19.9. The Labute approximate surface area is 179 Å². The molecule has 4 heterocycles. The third kappa shape index (κ3) is 3.41. The summed E-state index contributed by atoms with van der Waals surface area (Å²) in [7, 11) is 0. The number of carbonyl (C=O) groups excluding carboxylic acids is 1. The fourth-order valence-corrected chi connectivity index (χ4v) is 3.57. The summed E-state index contributed by atoms with van der Waals surface area (Å²) >= 11 is 0. The quantitative estimate of drug-likeness (QED) is 0.510. The van der Waals surface area contributed by atoms with Crippen LogP contribution < -0.4 is 9.64 Å². The number of aryl methyl sites for hydroxylation is 1. The van der Waals surface area contributed by atoms with Crippen molar-refractivity contribution in [1.82, 2.24) is 25.1 Å². The number of nitrogens with one attached hydrogen (secondary N) is 1. The molecule has 1 aliphatic rings. The molecule has 1 aromatic carbocycles. The zero-order chi connectivity index (χ0) is 22.5. The molecule has 1 aliphatic heterocycles. The number of anilines is 1. The number of H-pyrrole nitrogens is 1. The minimum absolute atomic E-state index is 0.0578. The van der Waals surface area contributed by atoms with E-state index in [1.165, 1.54) is 18.5 Å². The maximum Gasteiger partial charge on any atom is 0.433 e. The van der Waals surface area contributed by atoms with Gasteiger partial charge in [0.1, 0.15) is 17.8 Å². The van der Waals surface area contributed by atoms with Gasteiger partial charge in [-0.05, 0) is 42.8 Å². The Morgan fingerprint density at radius 1 is 1.09 bits per heavy atom. The normalized spacial score (nSPS) is 14.2. The fraction of sp³-hybridized carbons (Fsp3) is 0.190. The first-order valence-electron chi connectivity index (χ1n) is 9.61. The van der Waals surface area contributed by atoms with Gasteiger partial charge >= 0.3 is 6.18 Å². The molecular weight excluding hydrogens is 425 g/mol. The average Bonchev–Trinajstić information content (AvgIpc) is 3.18. The number of aromatic amines is 1. The Hall–Kier alpha value is -4.02. The summed E-state index contributed by atoms with van der Waals surface area (Å²) in [6, 6.07) is 7.52. The van der Waals surface area contributed by atoms with E-state index in [1.54, 1.807) is 17.0 Å². The first-order valence-corrected chi connectivity index (χ1v) is 9.61. The van der Waals surface area contributed by atoms with E-state index in [9.17, 15) is 18.0 Å². The van der Waals surface area contributed by atoms with Crippen molar-refractivity contribution >= 4 is 22.6 Å². The van der Waals surface area contributed by atoms with Gasteiger partial charge in [0.15, 0.2) is 17.3 Å². The number of alkyl halides is 3. The van der Waals surface area contributed by atoms with Crippen LogP contribution in [0.25, 0.3) is 22.4 Å². The van der Waals surface area contributed by atoms with Gasteiger partial charge in [0.2, 0.25) is 0 Å². The van der Waals surface area contributed by atoms with Gasteiger partial charge in [-0.1, -0.05) is 0 Å². The highest BCUT2D eigenvalue weighted by Crippen LogP contribution is 2.31. The molecule has 8 nitrogen and oxygen atoms in total. The van der Waals surface area contributed by atoms with Crippen LogP contribution in [-0.2, 0) is 6.18 Å². The molecule has 0 spiro atoms. The number of carbonyl (C=O) groups is 1. The van der Waals surface area contributed by atoms with Crippen LogP contribution in [0, 0.1) is 6.92 Å². The van der Waals surface area contributed by atoms with Gasteiger partial charge in [-0.3, -0.25) is 9.89 Å². The number of hydrogen-bond donors (Lipinski definition) is 1. The lowest BCUT2D eigenvalue weighted by Crippen LogP contribution is -2.33. The fourth-order valence-electron chi connectivity index (χ4n) is 3.57. The Morgan fingerprint density at radius 3 is 2.72 bits per heavy atom. The van der Waals surface area contributed by atoms with Crippen LogP contribution in [0.5, 0.6) is 5.75 Å². The van der Waals surface area contributed by atoms with Gasteiger partial charge < -0.3 is 9.64 Å². The Morgan fingerprint density at radius 2 is 1.94 bits per heavy atom. The number of aromatic nitrogens is 5. The number of hydrogen-bond acceptors (Lipinski definition) is 6. The van der Waals surface area contributed by atoms with Crippen molar-refractivity contribution in [1.29, 1.82) is 0 Å². The van der Waals surface area contributed by atoms with E-state index in [4.69, 9.17) is 4.74 Å². The van der Waals surface area contributed by atoms with E-state index in [1.807, 2.05) is 13.0 Å². The van der Waals surface area contributed by atoms with Crippen molar-refractivity contribution in [3.05, 3.63) is 59.7 Å². The maximum atomic E-state index is 12.9. The average molecular weight is 440 g/mol. The lowest BCUT2D eigenvalue weighted by Gasteiger charge is -2.22. The van der Waals surface area contributed by atoms with Crippen LogP contribution in [0.2, 0.25) is 0 Å². The number of pyridine rings is 1. The van der Waals surface area contributed by atoms with Gasteiger partial charge in [-0.2, -0.15) is 18.3 Å². The molecule has 0 saturated heterocycles. The van der Waals surface area contributed by atoms with E-state index in [0.717, 1.165) is 11.6 Å². The number of fused-ring (bicyclic) bond motifs is 2. The van der Waals surface area contributed by atoms with E-state index < -0.39 is 11.9 Å². The number of rotatable bonds is 2. The molecule has 0 radical (unpaired) electrons. The summed E-state index contributed by atoms with van der Waals surface area (Å²) in [5.74, 6) is 0.507. The monoisotopic (exact) mass is 440 g/mol. The highest BCUT2D eigenvalue weighted by molar-refractivity contribution is 6.07. The number of halogens is 3. The zero-order valence-electron chi connectivity index (χ0n) is 16.6. The van der Waals surface area contributed by atoms with Gasteiger partial charge in [0, 0.05) is 11.3 Å². The molecule has 0 bridgehead atoms. The summed E-state index contributed by atoms with van der Waals surface area (Å²) in [6.45, 7) is 2.53. The summed E-state index contributed by atoms with van der Waals surface area (Å²) in [6.07, 6.45) is -1.80. The van der Waals surface area contributed by atoms with Gasteiger partial charge in [0.25, 0.3) is 5.91 Å². The molecule has 0 fully saturated rings. The van der Waals surface area contributed by atoms with Crippen LogP contribution in [0.15, 0.2) is 42.7 Å². The molecule has 1 amide bonds. The summed E-state index contributed by atoms with van der Waals surface area (Å²) < 4.78 is 44.2. The molecule has 1 N–H and O–H groups in total. The largest absolute Gasteiger partial charge is 0.488 e. The topological polar surface area (TPSA) is 96.9 Å². The van der Waals surface area contributed by atoms with Gasteiger partial charge in [-0.25, -0.2) is 15.0 Å². The van der Waals surface area contributed by atoms with E-state index in [2.05, 4.69) is 25.1 Å². The summed E-state index contributed by atoms with van der Waals surface area (Å²) in [5, 5.41) is 6.53. The molecule has 11 heteroatoms. The molecule has 0 saturated carbocycles. The molecule has 0 atom stereocenters. The number of amides is 1. The van der Waals surface area contributed by atoms with E-state index in [-0.39, 0.29) is 17.1 Å².